The van der Waals surface area contributed by atoms with E-state index in [4.69, 9.17) is 0 Å². The summed E-state index contributed by atoms with van der Waals surface area (Å²) >= 11 is 2.03. The number of hydrogen-bond acceptors (Lipinski definition) is 3. The molecule has 1 N–H and O–H groups in total. The van der Waals surface area contributed by atoms with Crippen LogP contribution in [-0.2, 0) is 0 Å². The Kier molecular flexibility index (Phi) is 4.39. The van der Waals surface area contributed by atoms with Gasteiger partial charge in [0.25, 0.3) is 0 Å². The fourth-order valence-electron chi connectivity index (χ4n) is 3.53. The van der Waals surface area contributed by atoms with Gasteiger partial charge in [-0.2, -0.15) is 0 Å². The van der Waals surface area contributed by atoms with E-state index in [9.17, 15) is 0 Å². The maximum absolute atomic E-state index is 3.64. The lowest BCUT2D eigenvalue weighted by Crippen LogP contribution is -2.58. The summed E-state index contributed by atoms with van der Waals surface area (Å²) in [4.78, 5) is 4.24. The van der Waals surface area contributed by atoms with E-state index in [0.29, 0.717) is 18.0 Å². The van der Waals surface area contributed by atoms with E-state index in [1.807, 2.05) is 11.8 Å². The first-order chi connectivity index (χ1) is 9.65. The Morgan fingerprint density at radius 1 is 1.35 bits per heavy atom. The standard InChI is InChI=1S/C17H26N2S/c1-12(2)16-8-18-13(3)9-19(16)10-14-11-20-17-7-5-4-6-15(14)17/h4-7,12-14,16,18H,8-11H2,1-3H3. The van der Waals surface area contributed by atoms with Crippen LogP contribution in [0.3, 0.4) is 0 Å². The summed E-state index contributed by atoms with van der Waals surface area (Å²) in [6.07, 6.45) is 0. The van der Waals surface area contributed by atoms with Crippen molar-refractivity contribution in [3.63, 3.8) is 0 Å². The lowest BCUT2D eigenvalue weighted by Gasteiger charge is -2.42. The van der Waals surface area contributed by atoms with Crippen LogP contribution in [-0.4, -0.2) is 42.4 Å². The van der Waals surface area contributed by atoms with Gasteiger partial charge in [-0.25, -0.2) is 0 Å². The molecule has 110 valence electrons. The van der Waals surface area contributed by atoms with E-state index < -0.39 is 0 Å². The van der Waals surface area contributed by atoms with Gasteiger partial charge in [-0.05, 0) is 24.5 Å². The molecule has 3 rings (SSSR count). The van der Waals surface area contributed by atoms with Gasteiger partial charge < -0.3 is 5.32 Å². The molecule has 2 nitrogen and oxygen atoms in total. The smallest absolute Gasteiger partial charge is 0.0244 e. The van der Waals surface area contributed by atoms with Gasteiger partial charge in [0, 0.05) is 48.3 Å². The van der Waals surface area contributed by atoms with Crippen molar-refractivity contribution in [3.05, 3.63) is 29.8 Å². The molecule has 1 saturated heterocycles. The highest BCUT2D eigenvalue weighted by Crippen LogP contribution is 2.40. The molecule has 0 saturated carbocycles. The van der Waals surface area contributed by atoms with Crippen LogP contribution in [0, 0.1) is 5.92 Å². The van der Waals surface area contributed by atoms with Crippen LogP contribution >= 0.6 is 11.8 Å². The molecular weight excluding hydrogens is 264 g/mol. The van der Waals surface area contributed by atoms with Gasteiger partial charge in [0.15, 0.2) is 0 Å². The molecule has 1 aromatic carbocycles. The molecule has 0 aliphatic carbocycles. The van der Waals surface area contributed by atoms with Crippen LogP contribution in [0.15, 0.2) is 29.2 Å². The van der Waals surface area contributed by atoms with Crippen molar-refractivity contribution in [2.45, 2.75) is 43.7 Å². The molecule has 1 fully saturated rings. The van der Waals surface area contributed by atoms with E-state index in [1.54, 1.807) is 5.56 Å². The first-order valence-corrected chi connectivity index (χ1v) is 8.83. The third-order valence-corrected chi connectivity index (χ3v) is 5.93. The zero-order chi connectivity index (χ0) is 14.1. The summed E-state index contributed by atoms with van der Waals surface area (Å²) < 4.78 is 0. The molecular formula is C17H26N2S. The van der Waals surface area contributed by atoms with Gasteiger partial charge in [0.1, 0.15) is 0 Å². The van der Waals surface area contributed by atoms with Crippen molar-refractivity contribution < 1.29 is 0 Å². The Morgan fingerprint density at radius 3 is 2.95 bits per heavy atom. The van der Waals surface area contributed by atoms with E-state index >= 15 is 0 Å². The first kappa shape index (κ1) is 14.4. The average molecular weight is 290 g/mol. The van der Waals surface area contributed by atoms with Gasteiger partial charge in [-0.15, -0.1) is 11.8 Å². The van der Waals surface area contributed by atoms with Gasteiger partial charge in [-0.1, -0.05) is 32.0 Å². The summed E-state index contributed by atoms with van der Waals surface area (Å²) in [6.45, 7) is 10.6. The predicted octanol–water partition coefficient (Wildman–Crippen LogP) is 3.19. The summed E-state index contributed by atoms with van der Waals surface area (Å²) in [7, 11) is 0. The topological polar surface area (TPSA) is 15.3 Å². The minimum Gasteiger partial charge on any atom is -0.311 e. The zero-order valence-corrected chi connectivity index (χ0v) is 13.6. The van der Waals surface area contributed by atoms with Crippen LogP contribution in [0.25, 0.3) is 0 Å². The number of piperazine rings is 1. The Morgan fingerprint density at radius 2 is 2.15 bits per heavy atom. The van der Waals surface area contributed by atoms with E-state index in [0.717, 1.165) is 12.5 Å². The number of rotatable bonds is 3. The Bertz CT molecular complexity index is 460. The average Bonchev–Trinajstić information content (AvgIpc) is 2.82. The molecule has 3 atom stereocenters. The van der Waals surface area contributed by atoms with E-state index in [-0.39, 0.29) is 0 Å². The summed E-state index contributed by atoms with van der Waals surface area (Å²) in [6, 6.07) is 10.3. The molecule has 3 unspecified atom stereocenters. The second kappa shape index (κ2) is 6.08. The van der Waals surface area contributed by atoms with Gasteiger partial charge in [-0.3, -0.25) is 4.90 Å². The molecule has 2 aliphatic heterocycles. The summed E-state index contributed by atoms with van der Waals surface area (Å²) in [5.41, 5.74) is 1.58. The molecule has 1 aromatic rings. The first-order valence-electron chi connectivity index (χ1n) is 7.84. The van der Waals surface area contributed by atoms with Crippen LogP contribution in [0.1, 0.15) is 32.3 Å². The maximum atomic E-state index is 3.64. The highest BCUT2D eigenvalue weighted by Gasteiger charge is 2.32. The highest BCUT2D eigenvalue weighted by atomic mass is 32.2. The number of benzene rings is 1. The van der Waals surface area contributed by atoms with Crippen LogP contribution < -0.4 is 5.32 Å². The van der Waals surface area contributed by atoms with Crippen molar-refractivity contribution in [3.8, 4) is 0 Å². The van der Waals surface area contributed by atoms with Gasteiger partial charge in [0.2, 0.25) is 0 Å². The molecule has 2 aliphatic rings. The van der Waals surface area contributed by atoms with Crippen molar-refractivity contribution in [2.24, 2.45) is 5.92 Å². The van der Waals surface area contributed by atoms with Crippen molar-refractivity contribution in [1.82, 2.24) is 10.2 Å². The fraction of sp³-hybridized carbons (Fsp3) is 0.647. The second-order valence-electron chi connectivity index (χ2n) is 6.62. The quantitative estimate of drug-likeness (QED) is 0.920. The predicted molar refractivity (Wildman–Crippen MR) is 87.6 cm³/mol. The second-order valence-corrected chi connectivity index (χ2v) is 7.68. The summed E-state index contributed by atoms with van der Waals surface area (Å²) in [5, 5.41) is 3.64. The fourth-order valence-corrected chi connectivity index (χ4v) is 4.78. The van der Waals surface area contributed by atoms with Gasteiger partial charge >= 0.3 is 0 Å². The largest absolute Gasteiger partial charge is 0.311 e. The zero-order valence-electron chi connectivity index (χ0n) is 12.8. The normalized spacial score (nSPS) is 30.7. The molecule has 20 heavy (non-hydrogen) atoms. The van der Waals surface area contributed by atoms with E-state index in [1.165, 1.54) is 23.7 Å². The molecule has 0 amide bonds. The van der Waals surface area contributed by atoms with Crippen LogP contribution in [0.4, 0.5) is 0 Å². The lowest BCUT2D eigenvalue weighted by molar-refractivity contribution is 0.0981. The highest BCUT2D eigenvalue weighted by molar-refractivity contribution is 7.99. The van der Waals surface area contributed by atoms with Crippen molar-refractivity contribution in [1.29, 1.82) is 0 Å². The third-order valence-electron chi connectivity index (χ3n) is 4.68. The maximum Gasteiger partial charge on any atom is 0.0244 e. The van der Waals surface area contributed by atoms with Crippen molar-refractivity contribution in [2.75, 3.05) is 25.4 Å². The number of nitrogens with one attached hydrogen (secondary N) is 1. The van der Waals surface area contributed by atoms with Crippen LogP contribution in [0.2, 0.25) is 0 Å². The minimum absolute atomic E-state index is 0.620. The Hall–Kier alpha value is -0.510. The number of thioether (sulfide) groups is 1. The van der Waals surface area contributed by atoms with Gasteiger partial charge in [0.05, 0.1) is 0 Å². The SMILES string of the molecule is CC1CN(CC2CSc3ccccc32)C(C(C)C)CN1. The third kappa shape index (κ3) is 2.90. The minimum atomic E-state index is 0.620. The summed E-state index contributed by atoms with van der Waals surface area (Å²) in [5.74, 6) is 2.68. The molecule has 0 spiro atoms. The van der Waals surface area contributed by atoms with Crippen molar-refractivity contribution >= 4 is 11.8 Å². The monoisotopic (exact) mass is 290 g/mol. The molecule has 0 bridgehead atoms. The number of hydrogen-bond donors (Lipinski definition) is 1. The number of nitrogens with zero attached hydrogens (tertiary/aromatic N) is 1. The Labute approximate surface area is 127 Å². The molecule has 3 heteroatoms. The van der Waals surface area contributed by atoms with E-state index in [2.05, 4.69) is 55.3 Å². The molecule has 0 radical (unpaired) electrons. The number of fused-ring (bicyclic) bond motifs is 1. The lowest BCUT2D eigenvalue weighted by atomic mass is 9.95. The molecule has 0 aromatic heterocycles. The Balaban J connectivity index is 1.73. The van der Waals surface area contributed by atoms with Crippen LogP contribution in [0.5, 0.6) is 0 Å². The molecule has 2 heterocycles.